The Labute approximate surface area is 248 Å². The summed E-state index contributed by atoms with van der Waals surface area (Å²) in [6, 6.07) is 23.0. The van der Waals surface area contributed by atoms with E-state index in [0.717, 1.165) is 70.9 Å². The number of hydrogen-bond donors (Lipinski definition) is 3. The molecule has 2 aliphatic rings. The number of anilines is 3. The lowest BCUT2D eigenvalue weighted by molar-refractivity contribution is 0.0383. The smallest absolute Gasteiger partial charge is 0.323 e. The highest BCUT2D eigenvalue weighted by atomic mass is 16.5. The van der Waals surface area contributed by atoms with Crippen LogP contribution in [-0.4, -0.2) is 76.4 Å². The molecule has 0 saturated carbocycles. The van der Waals surface area contributed by atoms with Crippen molar-refractivity contribution in [2.45, 2.75) is 19.3 Å². The van der Waals surface area contributed by atoms with Crippen LogP contribution >= 0.6 is 0 Å². The van der Waals surface area contributed by atoms with Gasteiger partial charge in [0.1, 0.15) is 5.75 Å². The number of nitrogens with one attached hydrogen (secondary N) is 3. The Hall–Kier alpha value is -4.08. The average molecular weight is 572 g/mol. The number of morpholine rings is 1. The van der Waals surface area contributed by atoms with Gasteiger partial charge < -0.3 is 30.3 Å². The van der Waals surface area contributed by atoms with E-state index in [4.69, 9.17) is 9.47 Å². The van der Waals surface area contributed by atoms with Gasteiger partial charge in [-0.1, -0.05) is 30.3 Å². The third-order valence-electron chi connectivity index (χ3n) is 7.99. The minimum atomic E-state index is -0.381. The van der Waals surface area contributed by atoms with Gasteiger partial charge in [0.15, 0.2) is 0 Å². The number of benzene rings is 3. The molecule has 9 heteroatoms. The van der Waals surface area contributed by atoms with Crippen molar-refractivity contribution in [2.24, 2.45) is 5.92 Å². The van der Waals surface area contributed by atoms with Gasteiger partial charge in [-0.25, -0.2) is 4.79 Å². The van der Waals surface area contributed by atoms with Crippen LogP contribution in [0.1, 0.15) is 28.8 Å². The highest BCUT2D eigenvalue weighted by Crippen LogP contribution is 2.30. The fourth-order valence-electron chi connectivity index (χ4n) is 5.61. The number of ether oxygens (including phenoxy) is 2. The fraction of sp³-hybridized carbons (Fsp3) is 0.394. The highest BCUT2D eigenvalue weighted by Gasteiger charge is 2.24. The lowest BCUT2D eigenvalue weighted by atomic mass is 9.89. The molecule has 222 valence electrons. The molecule has 2 fully saturated rings. The SMILES string of the molecule is COc1ccc(NC(=O)Nc2ccc(N3CCC(Cc4ccccc4)CC3)c(C(=O)NCCN3CCOCC3)c2)cc1. The number of urea groups is 1. The maximum Gasteiger partial charge on any atom is 0.323 e. The van der Waals surface area contributed by atoms with Gasteiger partial charge in [0.2, 0.25) is 0 Å². The number of carbonyl (C=O) groups excluding carboxylic acids is 2. The molecule has 9 nitrogen and oxygen atoms in total. The van der Waals surface area contributed by atoms with Crippen LogP contribution in [0.2, 0.25) is 0 Å². The van der Waals surface area contributed by atoms with Gasteiger partial charge in [0.25, 0.3) is 5.91 Å². The second-order valence-corrected chi connectivity index (χ2v) is 10.9. The predicted molar refractivity (Wildman–Crippen MR) is 167 cm³/mol. The maximum atomic E-state index is 13.5. The van der Waals surface area contributed by atoms with Crippen molar-refractivity contribution in [1.29, 1.82) is 0 Å². The summed E-state index contributed by atoms with van der Waals surface area (Å²) in [5.74, 6) is 1.20. The van der Waals surface area contributed by atoms with Crippen LogP contribution in [0.4, 0.5) is 21.9 Å². The minimum Gasteiger partial charge on any atom is -0.497 e. The molecule has 3 N–H and O–H groups in total. The summed E-state index contributed by atoms with van der Waals surface area (Å²) >= 11 is 0. The summed E-state index contributed by atoms with van der Waals surface area (Å²) in [5.41, 5.74) is 4.05. The monoisotopic (exact) mass is 571 g/mol. The van der Waals surface area contributed by atoms with Crippen LogP contribution < -0.4 is 25.6 Å². The largest absolute Gasteiger partial charge is 0.497 e. The Bertz CT molecular complexity index is 1300. The minimum absolute atomic E-state index is 0.135. The molecule has 2 heterocycles. The van der Waals surface area contributed by atoms with Crippen molar-refractivity contribution < 1.29 is 19.1 Å². The van der Waals surface area contributed by atoms with Crippen molar-refractivity contribution in [1.82, 2.24) is 10.2 Å². The van der Waals surface area contributed by atoms with Gasteiger partial charge in [-0.05, 0) is 73.2 Å². The molecular weight excluding hydrogens is 530 g/mol. The molecule has 0 atom stereocenters. The molecule has 3 aromatic carbocycles. The standard InChI is InChI=1S/C33H41N5O4/c1-41-29-10-7-27(8-11-29)35-33(40)36-28-9-12-31(30(24-28)32(39)34-15-18-37-19-21-42-22-20-37)38-16-13-26(14-17-38)23-25-5-3-2-4-6-25/h2-12,24,26H,13-23H2,1H3,(H,34,39)(H2,35,36,40). The second-order valence-electron chi connectivity index (χ2n) is 10.9. The van der Waals surface area contributed by atoms with Crippen molar-refractivity contribution in [3.63, 3.8) is 0 Å². The highest BCUT2D eigenvalue weighted by molar-refractivity contribution is 6.04. The van der Waals surface area contributed by atoms with Crippen molar-refractivity contribution in [3.8, 4) is 5.75 Å². The van der Waals surface area contributed by atoms with Gasteiger partial charge in [0, 0.05) is 56.3 Å². The van der Waals surface area contributed by atoms with Crippen molar-refractivity contribution in [2.75, 3.05) is 75.1 Å². The first kappa shape index (κ1) is 29.4. The first-order valence-electron chi connectivity index (χ1n) is 14.8. The molecule has 0 aliphatic carbocycles. The van der Waals surface area contributed by atoms with E-state index in [0.29, 0.717) is 35.2 Å². The van der Waals surface area contributed by atoms with Gasteiger partial charge in [-0.2, -0.15) is 0 Å². The van der Waals surface area contributed by atoms with Crippen LogP contribution in [0.3, 0.4) is 0 Å². The summed E-state index contributed by atoms with van der Waals surface area (Å²) in [7, 11) is 1.60. The van der Waals surface area contributed by atoms with Crippen LogP contribution in [0.25, 0.3) is 0 Å². The molecule has 2 aliphatic heterocycles. The van der Waals surface area contributed by atoms with Crippen molar-refractivity contribution >= 4 is 29.0 Å². The first-order chi connectivity index (χ1) is 20.6. The molecule has 42 heavy (non-hydrogen) atoms. The normalized spacial score (nSPS) is 16.1. The Morgan fingerprint density at radius 1 is 0.881 bits per heavy atom. The maximum absolute atomic E-state index is 13.5. The van der Waals surface area contributed by atoms with E-state index < -0.39 is 0 Å². The quantitative estimate of drug-likeness (QED) is 0.322. The number of hydrogen-bond acceptors (Lipinski definition) is 6. The second kappa shape index (κ2) is 14.7. The average Bonchev–Trinajstić information content (AvgIpc) is 3.03. The Morgan fingerprint density at radius 2 is 1.57 bits per heavy atom. The molecule has 5 rings (SSSR count). The van der Waals surface area contributed by atoms with Crippen LogP contribution in [0.5, 0.6) is 5.75 Å². The number of rotatable bonds is 10. The van der Waals surface area contributed by atoms with Gasteiger partial charge >= 0.3 is 6.03 Å². The van der Waals surface area contributed by atoms with Crippen LogP contribution in [0.15, 0.2) is 72.8 Å². The Morgan fingerprint density at radius 3 is 2.29 bits per heavy atom. The van der Waals surface area contributed by atoms with E-state index in [-0.39, 0.29) is 11.9 Å². The zero-order valence-corrected chi connectivity index (χ0v) is 24.3. The number of methoxy groups -OCH3 is 1. The summed E-state index contributed by atoms with van der Waals surface area (Å²) in [4.78, 5) is 30.9. The summed E-state index contributed by atoms with van der Waals surface area (Å²) in [6.07, 6.45) is 3.21. The van der Waals surface area contributed by atoms with E-state index in [2.05, 4.69) is 56.1 Å². The molecule has 0 spiro atoms. The number of carbonyl (C=O) groups is 2. The molecule has 0 unspecified atom stereocenters. The summed E-state index contributed by atoms with van der Waals surface area (Å²) in [5, 5.41) is 8.83. The van der Waals surface area contributed by atoms with Gasteiger partial charge in [-0.3, -0.25) is 9.69 Å². The molecule has 0 radical (unpaired) electrons. The summed E-state index contributed by atoms with van der Waals surface area (Å²) < 4.78 is 10.6. The summed E-state index contributed by atoms with van der Waals surface area (Å²) in [6.45, 7) is 6.30. The van der Waals surface area contributed by atoms with Crippen LogP contribution in [-0.2, 0) is 11.2 Å². The first-order valence-corrected chi connectivity index (χ1v) is 14.8. The molecule has 3 aromatic rings. The lowest BCUT2D eigenvalue weighted by Crippen LogP contribution is -2.41. The molecule has 3 amide bonds. The van der Waals surface area contributed by atoms with E-state index in [9.17, 15) is 9.59 Å². The zero-order chi connectivity index (χ0) is 29.1. The topological polar surface area (TPSA) is 95.2 Å². The predicted octanol–water partition coefficient (Wildman–Crippen LogP) is 4.86. The zero-order valence-electron chi connectivity index (χ0n) is 24.3. The third-order valence-corrected chi connectivity index (χ3v) is 7.99. The van der Waals surface area contributed by atoms with Gasteiger partial charge in [-0.15, -0.1) is 0 Å². The number of amides is 3. The number of nitrogens with zero attached hydrogens (tertiary/aromatic N) is 2. The Balaban J connectivity index is 1.25. The number of piperidine rings is 1. The van der Waals surface area contributed by atoms with E-state index in [1.807, 2.05) is 12.1 Å². The fourth-order valence-corrected chi connectivity index (χ4v) is 5.61. The molecule has 0 bridgehead atoms. The van der Waals surface area contributed by atoms with Gasteiger partial charge in [0.05, 0.1) is 25.9 Å². The molecule has 0 aromatic heterocycles. The third kappa shape index (κ3) is 8.24. The molecule has 2 saturated heterocycles. The van der Waals surface area contributed by atoms with E-state index >= 15 is 0 Å². The van der Waals surface area contributed by atoms with Crippen molar-refractivity contribution in [3.05, 3.63) is 83.9 Å². The van der Waals surface area contributed by atoms with E-state index in [1.165, 1.54) is 5.56 Å². The van der Waals surface area contributed by atoms with E-state index in [1.54, 1.807) is 37.4 Å². The van der Waals surface area contributed by atoms with Crippen LogP contribution in [0, 0.1) is 5.92 Å². The molecular formula is C33H41N5O4. The Kier molecular flexibility index (Phi) is 10.3. The lowest BCUT2D eigenvalue weighted by Gasteiger charge is -2.35.